The number of carbonyl (C=O) groups excluding carboxylic acids is 1. The standard InChI is InChI=1S/C22H18N2OS2/c1-15-8-3-5-11-18(15)23-22-24(19-12-6-4-9-16(19)2)21(25)20(27-22)14-17-10-7-13-26-17/h3-14H,1-2H3. The molecule has 2 heterocycles. The molecule has 3 aromatic rings. The molecule has 2 aromatic carbocycles. The van der Waals surface area contributed by atoms with Crippen molar-refractivity contribution in [3.05, 3.63) is 87.0 Å². The van der Waals surface area contributed by atoms with E-state index in [0.29, 0.717) is 10.1 Å². The van der Waals surface area contributed by atoms with Crippen LogP contribution in [0.25, 0.3) is 6.08 Å². The first-order valence-corrected chi connectivity index (χ1v) is 10.3. The predicted molar refractivity (Wildman–Crippen MR) is 117 cm³/mol. The van der Waals surface area contributed by atoms with E-state index in [2.05, 4.69) is 0 Å². The molecule has 1 fully saturated rings. The zero-order valence-corrected chi connectivity index (χ0v) is 16.7. The van der Waals surface area contributed by atoms with Crippen LogP contribution in [0.15, 0.2) is 75.9 Å². The van der Waals surface area contributed by atoms with Crippen LogP contribution in [-0.2, 0) is 4.79 Å². The van der Waals surface area contributed by atoms with E-state index in [4.69, 9.17) is 4.99 Å². The largest absolute Gasteiger partial charge is 0.271 e. The van der Waals surface area contributed by atoms with Crippen LogP contribution in [0.2, 0.25) is 0 Å². The summed E-state index contributed by atoms with van der Waals surface area (Å²) >= 11 is 3.05. The van der Waals surface area contributed by atoms with Gasteiger partial charge in [0.05, 0.1) is 16.3 Å². The summed E-state index contributed by atoms with van der Waals surface area (Å²) in [4.78, 5) is 21.5. The molecule has 0 saturated carbocycles. The molecule has 0 spiro atoms. The fraction of sp³-hybridized carbons (Fsp3) is 0.0909. The lowest BCUT2D eigenvalue weighted by molar-refractivity contribution is -0.113. The maximum Gasteiger partial charge on any atom is 0.271 e. The van der Waals surface area contributed by atoms with Crippen LogP contribution in [0.4, 0.5) is 11.4 Å². The van der Waals surface area contributed by atoms with Gasteiger partial charge in [-0.3, -0.25) is 9.69 Å². The normalized spacial score (nSPS) is 17.3. The van der Waals surface area contributed by atoms with Gasteiger partial charge in [0.2, 0.25) is 0 Å². The van der Waals surface area contributed by atoms with Crippen molar-refractivity contribution in [2.75, 3.05) is 4.90 Å². The molecule has 3 nitrogen and oxygen atoms in total. The number of hydrogen-bond donors (Lipinski definition) is 0. The van der Waals surface area contributed by atoms with Crippen LogP contribution in [0.3, 0.4) is 0 Å². The van der Waals surface area contributed by atoms with Gasteiger partial charge in [0.1, 0.15) is 0 Å². The Bertz CT molecular complexity index is 1050. The van der Waals surface area contributed by atoms with Crippen molar-refractivity contribution >= 4 is 51.6 Å². The number of carbonyl (C=O) groups is 1. The van der Waals surface area contributed by atoms with Crippen LogP contribution in [0.1, 0.15) is 16.0 Å². The van der Waals surface area contributed by atoms with Gasteiger partial charge in [-0.25, -0.2) is 4.99 Å². The van der Waals surface area contributed by atoms with E-state index in [1.54, 1.807) is 16.2 Å². The second-order valence-electron chi connectivity index (χ2n) is 6.23. The third kappa shape index (κ3) is 3.61. The minimum absolute atomic E-state index is 0.0324. The SMILES string of the molecule is Cc1ccccc1N=C1SC(=Cc2cccs2)C(=O)N1c1ccccc1C. The molecule has 0 atom stereocenters. The highest BCUT2D eigenvalue weighted by Crippen LogP contribution is 2.39. The van der Waals surface area contributed by atoms with Crippen molar-refractivity contribution in [1.29, 1.82) is 0 Å². The number of benzene rings is 2. The lowest BCUT2D eigenvalue weighted by Gasteiger charge is -2.18. The fourth-order valence-corrected chi connectivity index (χ4v) is 4.58. The van der Waals surface area contributed by atoms with E-state index in [-0.39, 0.29) is 5.91 Å². The van der Waals surface area contributed by atoms with E-state index in [0.717, 1.165) is 27.4 Å². The number of para-hydroxylation sites is 2. The second-order valence-corrected chi connectivity index (χ2v) is 8.22. The number of amidine groups is 1. The van der Waals surface area contributed by atoms with Gasteiger partial charge in [-0.1, -0.05) is 42.5 Å². The van der Waals surface area contributed by atoms with E-state index in [1.165, 1.54) is 11.8 Å². The summed E-state index contributed by atoms with van der Waals surface area (Å²) < 4.78 is 0. The summed E-state index contributed by atoms with van der Waals surface area (Å²) in [7, 11) is 0. The quantitative estimate of drug-likeness (QED) is 0.501. The van der Waals surface area contributed by atoms with E-state index in [1.807, 2.05) is 86.0 Å². The van der Waals surface area contributed by atoms with Crippen LogP contribution in [0, 0.1) is 13.8 Å². The third-order valence-corrected chi connectivity index (χ3v) is 6.10. The molecule has 4 rings (SSSR count). The number of aryl methyl sites for hydroxylation is 2. The van der Waals surface area contributed by atoms with Gasteiger partial charge in [-0.05, 0) is 66.4 Å². The third-order valence-electron chi connectivity index (χ3n) is 4.31. The Labute approximate surface area is 167 Å². The molecule has 5 heteroatoms. The molecule has 0 radical (unpaired) electrons. The van der Waals surface area contributed by atoms with Crippen molar-refractivity contribution < 1.29 is 4.79 Å². The molecule has 1 amide bonds. The van der Waals surface area contributed by atoms with Crippen LogP contribution >= 0.6 is 23.1 Å². The number of amides is 1. The summed E-state index contributed by atoms with van der Waals surface area (Å²) in [6, 6.07) is 19.9. The molecular formula is C22H18N2OS2. The summed E-state index contributed by atoms with van der Waals surface area (Å²) in [5.74, 6) is -0.0324. The summed E-state index contributed by atoms with van der Waals surface area (Å²) in [6.07, 6.45) is 1.95. The Hall–Kier alpha value is -2.63. The average molecular weight is 391 g/mol. The van der Waals surface area contributed by atoms with Crippen LogP contribution in [-0.4, -0.2) is 11.1 Å². The monoisotopic (exact) mass is 390 g/mol. The molecule has 1 aliphatic heterocycles. The Morgan fingerprint density at radius 2 is 1.67 bits per heavy atom. The summed E-state index contributed by atoms with van der Waals surface area (Å²) in [5, 5.41) is 2.70. The maximum atomic E-state index is 13.2. The number of anilines is 1. The van der Waals surface area contributed by atoms with Gasteiger partial charge >= 0.3 is 0 Å². The van der Waals surface area contributed by atoms with Crippen LogP contribution in [0.5, 0.6) is 0 Å². The number of hydrogen-bond acceptors (Lipinski definition) is 4. The lowest BCUT2D eigenvalue weighted by Crippen LogP contribution is -2.29. The lowest BCUT2D eigenvalue weighted by atomic mass is 10.2. The molecule has 0 unspecified atom stereocenters. The zero-order valence-electron chi connectivity index (χ0n) is 15.0. The second kappa shape index (κ2) is 7.55. The zero-order chi connectivity index (χ0) is 18.8. The Balaban J connectivity index is 1.83. The van der Waals surface area contributed by atoms with E-state index < -0.39 is 0 Å². The highest BCUT2D eigenvalue weighted by molar-refractivity contribution is 8.19. The Kier molecular flexibility index (Phi) is 4.97. The minimum Gasteiger partial charge on any atom is -0.268 e. The molecule has 0 aliphatic carbocycles. The maximum absolute atomic E-state index is 13.2. The first-order chi connectivity index (χ1) is 13.1. The highest BCUT2D eigenvalue weighted by Gasteiger charge is 2.35. The molecule has 1 aliphatic rings. The molecule has 134 valence electrons. The predicted octanol–water partition coefficient (Wildman–Crippen LogP) is 6.17. The first kappa shape index (κ1) is 17.8. The van der Waals surface area contributed by atoms with E-state index in [9.17, 15) is 4.79 Å². The van der Waals surface area contributed by atoms with Crippen molar-refractivity contribution in [2.45, 2.75) is 13.8 Å². The van der Waals surface area contributed by atoms with Gasteiger partial charge < -0.3 is 0 Å². The number of thiophene rings is 1. The van der Waals surface area contributed by atoms with Gasteiger partial charge in [0.15, 0.2) is 5.17 Å². The highest BCUT2D eigenvalue weighted by atomic mass is 32.2. The number of thioether (sulfide) groups is 1. The Morgan fingerprint density at radius 3 is 2.37 bits per heavy atom. The molecule has 0 bridgehead atoms. The van der Waals surface area contributed by atoms with Crippen molar-refractivity contribution in [3.8, 4) is 0 Å². The summed E-state index contributed by atoms with van der Waals surface area (Å²) in [5.41, 5.74) is 3.88. The van der Waals surface area contributed by atoms with Gasteiger partial charge in [0, 0.05) is 4.88 Å². The van der Waals surface area contributed by atoms with E-state index >= 15 is 0 Å². The van der Waals surface area contributed by atoms with Gasteiger partial charge in [0.25, 0.3) is 5.91 Å². The summed E-state index contributed by atoms with van der Waals surface area (Å²) in [6.45, 7) is 4.04. The van der Waals surface area contributed by atoms with Crippen molar-refractivity contribution in [1.82, 2.24) is 0 Å². The van der Waals surface area contributed by atoms with Gasteiger partial charge in [-0.15, -0.1) is 11.3 Å². The molecule has 0 N–H and O–H groups in total. The average Bonchev–Trinajstić information content (AvgIpc) is 3.27. The van der Waals surface area contributed by atoms with Crippen molar-refractivity contribution in [2.24, 2.45) is 4.99 Å². The fourth-order valence-electron chi connectivity index (χ4n) is 2.87. The minimum atomic E-state index is -0.0324. The topological polar surface area (TPSA) is 32.7 Å². The molecular weight excluding hydrogens is 372 g/mol. The molecule has 1 saturated heterocycles. The molecule has 27 heavy (non-hydrogen) atoms. The smallest absolute Gasteiger partial charge is 0.268 e. The number of rotatable bonds is 3. The molecule has 1 aromatic heterocycles. The number of aliphatic imine (C=N–C) groups is 1. The number of nitrogens with zero attached hydrogens (tertiary/aromatic N) is 2. The van der Waals surface area contributed by atoms with Crippen LogP contribution < -0.4 is 4.90 Å². The van der Waals surface area contributed by atoms with Crippen molar-refractivity contribution in [3.63, 3.8) is 0 Å². The van der Waals surface area contributed by atoms with Gasteiger partial charge in [-0.2, -0.15) is 0 Å². The first-order valence-electron chi connectivity index (χ1n) is 8.61. The Morgan fingerprint density at radius 1 is 0.926 bits per heavy atom.